The van der Waals surface area contributed by atoms with Gasteiger partial charge in [-0.05, 0) is 43.0 Å². The van der Waals surface area contributed by atoms with Crippen LogP contribution in [0.25, 0.3) is 0 Å². The zero-order valence-corrected chi connectivity index (χ0v) is 13.9. The highest BCUT2D eigenvalue weighted by molar-refractivity contribution is 5.76. The van der Waals surface area contributed by atoms with Crippen LogP contribution in [0.5, 0.6) is 0 Å². The molecule has 1 fully saturated rings. The fraction of sp³-hybridized carbons (Fsp3) is 0.474. The van der Waals surface area contributed by atoms with Crippen molar-refractivity contribution < 1.29 is 4.79 Å². The van der Waals surface area contributed by atoms with Gasteiger partial charge in [0.15, 0.2) is 0 Å². The molecular weight excluding hydrogens is 300 g/mol. The lowest BCUT2D eigenvalue weighted by Gasteiger charge is -2.29. The van der Waals surface area contributed by atoms with E-state index in [2.05, 4.69) is 40.7 Å². The van der Waals surface area contributed by atoms with Crippen molar-refractivity contribution >= 4 is 5.91 Å². The molecule has 1 amide bonds. The molecule has 2 aliphatic rings. The standard InChI is InChI=1S/C19H24N4O/c24-19(22-11-8-15-4-1-2-5-17(15)13-22)14-23-18(7-10-21-23)16-6-3-9-20-12-16/h1-2,4-5,7,10,16,20H,3,6,8-9,11-14H2/t16-/m1/s1. The number of benzene rings is 1. The van der Waals surface area contributed by atoms with Crippen LogP contribution in [0, 0.1) is 0 Å². The molecule has 3 heterocycles. The number of hydrogen-bond acceptors (Lipinski definition) is 3. The first-order valence-electron chi connectivity index (χ1n) is 8.88. The van der Waals surface area contributed by atoms with Gasteiger partial charge in [0.05, 0.1) is 0 Å². The summed E-state index contributed by atoms with van der Waals surface area (Å²) in [6.07, 6.45) is 5.12. The number of carbonyl (C=O) groups excluding carboxylic acids is 1. The van der Waals surface area contributed by atoms with Crippen molar-refractivity contribution in [3.8, 4) is 0 Å². The topological polar surface area (TPSA) is 50.2 Å². The number of hydrogen-bond donors (Lipinski definition) is 1. The second kappa shape index (κ2) is 6.77. The molecule has 1 aromatic heterocycles. The Bertz CT molecular complexity index is 718. The van der Waals surface area contributed by atoms with Crippen LogP contribution in [-0.4, -0.2) is 40.2 Å². The summed E-state index contributed by atoms with van der Waals surface area (Å²) < 4.78 is 1.90. The lowest BCUT2D eigenvalue weighted by Crippen LogP contribution is -2.38. The average molecular weight is 324 g/mol. The van der Waals surface area contributed by atoms with Gasteiger partial charge in [0.25, 0.3) is 0 Å². The lowest BCUT2D eigenvalue weighted by atomic mass is 9.96. The summed E-state index contributed by atoms with van der Waals surface area (Å²) in [6, 6.07) is 10.5. The Balaban J connectivity index is 1.45. The number of carbonyl (C=O) groups is 1. The van der Waals surface area contributed by atoms with Crippen molar-refractivity contribution in [3.63, 3.8) is 0 Å². The zero-order valence-electron chi connectivity index (χ0n) is 13.9. The maximum absolute atomic E-state index is 12.8. The molecule has 0 unspecified atom stereocenters. The third kappa shape index (κ3) is 3.08. The molecule has 4 rings (SSSR count). The number of piperidine rings is 1. The number of nitrogens with one attached hydrogen (secondary N) is 1. The van der Waals surface area contributed by atoms with Crippen molar-refractivity contribution in [2.75, 3.05) is 19.6 Å². The van der Waals surface area contributed by atoms with E-state index in [1.807, 2.05) is 15.8 Å². The van der Waals surface area contributed by atoms with E-state index < -0.39 is 0 Å². The van der Waals surface area contributed by atoms with Crippen LogP contribution in [0.3, 0.4) is 0 Å². The van der Waals surface area contributed by atoms with Crippen molar-refractivity contribution in [2.45, 2.75) is 38.3 Å². The molecule has 126 valence electrons. The van der Waals surface area contributed by atoms with Gasteiger partial charge >= 0.3 is 0 Å². The summed E-state index contributed by atoms with van der Waals surface area (Å²) in [5.74, 6) is 0.634. The van der Waals surface area contributed by atoms with Crippen LogP contribution in [0.15, 0.2) is 36.5 Å². The van der Waals surface area contributed by atoms with Crippen LogP contribution in [0.4, 0.5) is 0 Å². The molecule has 1 aromatic carbocycles. The van der Waals surface area contributed by atoms with Gasteiger partial charge in [-0.1, -0.05) is 24.3 Å². The van der Waals surface area contributed by atoms with Gasteiger partial charge in [-0.3, -0.25) is 9.48 Å². The van der Waals surface area contributed by atoms with E-state index in [4.69, 9.17) is 0 Å². The number of rotatable bonds is 3. The van der Waals surface area contributed by atoms with Gasteiger partial charge in [-0.25, -0.2) is 0 Å². The quantitative estimate of drug-likeness (QED) is 0.939. The second-order valence-corrected chi connectivity index (χ2v) is 6.79. The van der Waals surface area contributed by atoms with Crippen LogP contribution >= 0.6 is 0 Å². The van der Waals surface area contributed by atoms with E-state index in [0.29, 0.717) is 12.5 Å². The molecule has 5 nitrogen and oxygen atoms in total. The maximum atomic E-state index is 12.8. The van der Waals surface area contributed by atoms with Gasteiger partial charge in [0, 0.05) is 37.4 Å². The number of amides is 1. The highest BCUT2D eigenvalue weighted by atomic mass is 16.2. The summed E-state index contributed by atoms with van der Waals surface area (Å²) in [7, 11) is 0. The SMILES string of the molecule is O=C(Cn1nccc1[C@@H]1CCCNC1)N1CCc2ccccc2C1. The van der Waals surface area contributed by atoms with Crippen LogP contribution in [0.1, 0.15) is 35.6 Å². The molecule has 0 aliphatic carbocycles. The summed E-state index contributed by atoms with van der Waals surface area (Å²) in [6.45, 7) is 3.95. The van der Waals surface area contributed by atoms with Gasteiger partial charge in [0.2, 0.25) is 5.91 Å². The monoisotopic (exact) mass is 324 g/mol. The molecular formula is C19H24N4O. The van der Waals surface area contributed by atoms with E-state index in [0.717, 1.165) is 32.6 Å². The first-order chi connectivity index (χ1) is 11.8. The third-order valence-electron chi connectivity index (χ3n) is 5.23. The smallest absolute Gasteiger partial charge is 0.244 e. The number of aromatic nitrogens is 2. The van der Waals surface area contributed by atoms with E-state index >= 15 is 0 Å². The molecule has 24 heavy (non-hydrogen) atoms. The Labute approximate surface area is 142 Å². The maximum Gasteiger partial charge on any atom is 0.244 e. The summed E-state index contributed by atoms with van der Waals surface area (Å²) in [4.78, 5) is 14.7. The molecule has 5 heteroatoms. The van der Waals surface area contributed by atoms with E-state index in [1.54, 1.807) is 0 Å². The minimum Gasteiger partial charge on any atom is -0.336 e. The predicted octanol–water partition coefficient (Wildman–Crippen LogP) is 1.93. The fourth-order valence-corrected chi connectivity index (χ4v) is 3.86. The summed E-state index contributed by atoms with van der Waals surface area (Å²) in [5.41, 5.74) is 3.83. The highest BCUT2D eigenvalue weighted by Crippen LogP contribution is 2.23. The van der Waals surface area contributed by atoms with Crippen LogP contribution < -0.4 is 5.32 Å². The average Bonchev–Trinajstić information content (AvgIpc) is 3.10. The Morgan fingerprint density at radius 3 is 2.96 bits per heavy atom. The van der Waals surface area contributed by atoms with Crippen molar-refractivity contribution in [1.29, 1.82) is 0 Å². The number of fused-ring (bicyclic) bond motifs is 1. The van der Waals surface area contributed by atoms with E-state index in [9.17, 15) is 4.79 Å². The molecule has 1 N–H and O–H groups in total. The molecule has 0 spiro atoms. The molecule has 0 saturated carbocycles. The molecule has 2 aliphatic heterocycles. The Kier molecular flexibility index (Phi) is 4.34. The lowest BCUT2D eigenvalue weighted by molar-refractivity contribution is -0.133. The van der Waals surface area contributed by atoms with Gasteiger partial charge in [-0.15, -0.1) is 0 Å². The predicted molar refractivity (Wildman–Crippen MR) is 92.6 cm³/mol. The van der Waals surface area contributed by atoms with Gasteiger partial charge in [0.1, 0.15) is 6.54 Å². The molecule has 2 aromatic rings. The first-order valence-corrected chi connectivity index (χ1v) is 8.88. The summed E-state index contributed by atoms with van der Waals surface area (Å²) in [5, 5.41) is 7.85. The number of nitrogens with zero attached hydrogens (tertiary/aromatic N) is 3. The minimum atomic E-state index is 0.165. The van der Waals surface area contributed by atoms with Crippen molar-refractivity contribution in [3.05, 3.63) is 53.3 Å². The van der Waals surface area contributed by atoms with Crippen LogP contribution in [0.2, 0.25) is 0 Å². The van der Waals surface area contributed by atoms with Crippen LogP contribution in [-0.2, 0) is 24.3 Å². The minimum absolute atomic E-state index is 0.165. The van der Waals surface area contributed by atoms with Gasteiger partial charge in [-0.2, -0.15) is 5.10 Å². The van der Waals surface area contributed by atoms with Crippen molar-refractivity contribution in [2.24, 2.45) is 0 Å². The summed E-state index contributed by atoms with van der Waals surface area (Å²) >= 11 is 0. The molecule has 1 saturated heterocycles. The fourth-order valence-electron chi connectivity index (χ4n) is 3.86. The Hall–Kier alpha value is -2.14. The molecule has 0 radical (unpaired) electrons. The largest absolute Gasteiger partial charge is 0.336 e. The Morgan fingerprint density at radius 1 is 1.25 bits per heavy atom. The van der Waals surface area contributed by atoms with Gasteiger partial charge < -0.3 is 10.2 Å². The van der Waals surface area contributed by atoms with E-state index in [1.165, 1.54) is 29.7 Å². The zero-order chi connectivity index (χ0) is 16.4. The highest BCUT2D eigenvalue weighted by Gasteiger charge is 2.23. The third-order valence-corrected chi connectivity index (χ3v) is 5.23. The Morgan fingerprint density at radius 2 is 2.12 bits per heavy atom. The van der Waals surface area contributed by atoms with Crippen molar-refractivity contribution in [1.82, 2.24) is 20.0 Å². The molecule has 0 bridgehead atoms. The van der Waals surface area contributed by atoms with E-state index in [-0.39, 0.29) is 5.91 Å². The normalized spacial score (nSPS) is 20.7. The second-order valence-electron chi connectivity index (χ2n) is 6.79. The first kappa shape index (κ1) is 15.4. The molecule has 1 atom stereocenters.